The van der Waals surface area contributed by atoms with E-state index in [4.69, 9.17) is 9.47 Å². The lowest BCUT2D eigenvalue weighted by molar-refractivity contribution is -0.139. The molecule has 2 heterocycles. The lowest BCUT2D eigenvalue weighted by Gasteiger charge is -2.24. The Kier molecular flexibility index (Phi) is 10.8. The molecule has 0 spiro atoms. The zero-order valence-electron chi connectivity index (χ0n) is 22.8. The predicted molar refractivity (Wildman–Crippen MR) is 153 cm³/mol. The van der Waals surface area contributed by atoms with Crippen molar-refractivity contribution in [1.82, 2.24) is 20.5 Å². The summed E-state index contributed by atoms with van der Waals surface area (Å²) in [4.78, 5) is 55.3. The molecule has 12 heteroatoms. The first-order chi connectivity index (χ1) is 20.4. The van der Waals surface area contributed by atoms with Gasteiger partial charge in [0.25, 0.3) is 5.91 Å². The number of nitrogens with zero attached hydrogens (tertiary/aromatic N) is 2. The van der Waals surface area contributed by atoms with Crippen LogP contribution in [0.3, 0.4) is 0 Å². The summed E-state index contributed by atoms with van der Waals surface area (Å²) in [7, 11) is 0. The number of ether oxygens (including phenoxy) is 2. The SMILES string of the molecule is O=C(COC1C[C@@H](CNc2ccccn2)N(C(=O)OCc2ccccc2)C1)NCC(NC(=O)c1ccccc1)C(=O)O. The number of benzene rings is 2. The van der Waals surface area contributed by atoms with Crippen molar-refractivity contribution in [3.63, 3.8) is 0 Å². The van der Waals surface area contributed by atoms with E-state index >= 15 is 0 Å². The van der Waals surface area contributed by atoms with Crippen LogP contribution in [-0.4, -0.2) is 83.3 Å². The molecule has 1 saturated heterocycles. The number of rotatable bonds is 13. The molecule has 4 rings (SSSR count). The minimum absolute atomic E-state index is 0.121. The van der Waals surface area contributed by atoms with Crippen LogP contribution < -0.4 is 16.0 Å². The molecular weight excluding hydrogens is 542 g/mol. The number of hydrogen-bond donors (Lipinski definition) is 4. The molecule has 3 atom stereocenters. The van der Waals surface area contributed by atoms with E-state index in [0.717, 1.165) is 5.56 Å². The number of aliphatic carboxylic acids is 1. The first-order valence-electron chi connectivity index (χ1n) is 13.5. The van der Waals surface area contributed by atoms with Gasteiger partial charge in [0, 0.05) is 24.8 Å². The highest BCUT2D eigenvalue weighted by Gasteiger charge is 2.37. The largest absolute Gasteiger partial charge is 0.480 e. The minimum atomic E-state index is -1.33. The van der Waals surface area contributed by atoms with Crippen LogP contribution in [0.2, 0.25) is 0 Å². The van der Waals surface area contributed by atoms with Crippen molar-refractivity contribution in [3.05, 3.63) is 96.2 Å². The summed E-state index contributed by atoms with van der Waals surface area (Å²) in [5, 5.41) is 17.6. The fourth-order valence-electron chi connectivity index (χ4n) is 4.40. The van der Waals surface area contributed by atoms with Crippen molar-refractivity contribution in [2.45, 2.75) is 31.2 Å². The van der Waals surface area contributed by atoms with E-state index in [0.29, 0.717) is 24.3 Å². The Balaban J connectivity index is 1.28. The number of carbonyl (C=O) groups is 4. The number of carboxylic acids is 1. The van der Waals surface area contributed by atoms with Crippen molar-refractivity contribution in [2.75, 3.05) is 31.6 Å². The van der Waals surface area contributed by atoms with Gasteiger partial charge in [0.1, 0.15) is 25.1 Å². The highest BCUT2D eigenvalue weighted by molar-refractivity contribution is 5.96. The van der Waals surface area contributed by atoms with Gasteiger partial charge in [-0.15, -0.1) is 0 Å². The normalized spacial score (nSPS) is 16.7. The Hall–Kier alpha value is -4.97. The van der Waals surface area contributed by atoms with E-state index < -0.39 is 36.0 Å². The topological polar surface area (TPSA) is 159 Å². The number of nitrogens with one attached hydrogen (secondary N) is 3. The molecule has 220 valence electrons. The quantitative estimate of drug-likeness (QED) is 0.240. The van der Waals surface area contributed by atoms with Crippen LogP contribution in [0.25, 0.3) is 0 Å². The van der Waals surface area contributed by atoms with Gasteiger partial charge in [-0.2, -0.15) is 0 Å². The Morgan fingerprint density at radius 3 is 2.38 bits per heavy atom. The summed E-state index contributed by atoms with van der Waals surface area (Å²) in [6, 6.07) is 21.4. The zero-order chi connectivity index (χ0) is 29.7. The molecule has 3 aromatic rings. The number of amides is 3. The van der Waals surface area contributed by atoms with Gasteiger partial charge in [-0.3, -0.25) is 9.59 Å². The molecule has 42 heavy (non-hydrogen) atoms. The van der Waals surface area contributed by atoms with Crippen molar-refractivity contribution in [3.8, 4) is 0 Å². The van der Waals surface area contributed by atoms with Crippen molar-refractivity contribution >= 4 is 29.7 Å². The number of pyridine rings is 1. The summed E-state index contributed by atoms with van der Waals surface area (Å²) in [5.41, 5.74) is 1.16. The molecule has 2 unspecified atom stereocenters. The van der Waals surface area contributed by atoms with Crippen LogP contribution in [0.15, 0.2) is 85.1 Å². The summed E-state index contributed by atoms with van der Waals surface area (Å²) >= 11 is 0. The van der Waals surface area contributed by atoms with Crippen molar-refractivity contribution < 1.29 is 33.8 Å². The number of anilines is 1. The fourth-order valence-corrected chi connectivity index (χ4v) is 4.40. The maximum atomic E-state index is 13.0. The van der Waals surface area contributed by atoms with Crippen LogP contribution in [0.4, 0.5) is 10.6 Å². The van der Waals surface area contributed by atoms with E-state index in [-0.39, 0.29) is 32.3 Å². The molecule has 2 aromatic carbocycles. The summed E-state index contributed by atoms with van der Waals surface area (Å²) in [6.07, 6.45) is 1.15. The third kappa shape index (κ3) is 9.03. The first-order valence-corrected chi connectivity index (χ1v) is 13.5. The van der Waals surface area contributed by atoms with Gasteiger partial charge in [0.2, 0.25) is 5.91 Å². The number of aromatic nitrogens is 1. The minimum Gasteiger partial charge on any atom is -0.480 e. The molecule has 12 nitrogen and oxygen atoms in total. The van der Waals surface area contributed by atoms with Crippen LogP contribution in [0.5, 0.6) is 0 Å². The molecular formula is C30H33N5O7. The van der Waals surface area contributed by atoms with Gasteiger partial charge in [-0.05, 0) is 36.2 Å². The van der Waals surface area contributed by atoms with E-state index in [1.165, 1.54) is 0 Å². The number of likely N-dealkylation sites (tertiary alicyclic amines) is 1. The Morgan fingerprint density at radius 2 is 1.69 bits per heavy atom. The number of carbonyl (C=O) groups excluding carboxylic acids is 3. The standard InChI is InChI=1S/C30H33N5O7/c36-27(33-17-25(29(38)39)34-28(37)22-11-5-2-6-12-22)20-41-24-15-23(16-32-26-13-7-8-14-31-26)35(18-24)30(40)42-19-21-9-3-1-4-10-21/h1-14,23-25H,15-20H2,(H,31,32)(H,33,36)(H,34,37)(H,38,39)/t23-,24?,25?/m0/s1. The summed E-state index contributed by atoms with van der Waals surface area (Å²) in [5.74, 6) is -1.75. The smallest absolute Gasteiger partial charge is 0.410 e. The highest BCUT2D eigenvalue weighted by Crippen LogP contribution is 2.22. The second-order valence-corrected chi connectivity index (χ2v) is 9.65. The lowest BCUT2D eigenvalue weighted by Crippen LogP contribution is -2.49. The third-order valence-corrected chi connectivity index (χ3v) is 6.59. The van der Waals surface area contributed by atoms with Gasteiger partial charge >= 0.3 is 12.1 Å². The molecule has 0 radical (unpaired) electrons. The van der Waals surface area contributed by atoms with Crippen molar-refractivity contribution in [1.29, 1.82) is 0 Å². The number of hydrogen-bond acceptors (Lipinski definition) is 8. The van der Waals surface area contributed by atoms with Crippen LogP contribution >= 0.6 is 0 Å². The maximum absolute atomic E-state index is 13.0. The van der Waals surface area contributed by atoms with Gasteiger partial charge in [-0.1, -0.05) is 54.6 Å². The first kappa shape index (κ1) is 30.0. The average Bonchev–Trinajstić information content (AvgIpc) is 3.44. The molecule has 4 N–H and O–H groups in total. The lowest BCUT2D eigenvalue weighted by atomic mass is 10.2. The summed E-state index contributed by atoms with van der Waals surface area (Å²) < 4.78 is 11.3. The van der Waals surface area contributed by atoms with Crippen LogP contribution in [0, 0.1) is 0 Å². The molecule has 1 aliphatic rings. The van der Waals surface area contributed by atoms with Crippen LogP contribution in [0.1, 0.15) is 22.3 Å². The molecule has 3 amide bonds. The molecule has 0 aliphatic carbocycles. The molecule has 0 saturated carbocycles. The molecule has 0 bridgehead atoms. The monoisotopic (exact) mass is 575 g/mol. The van der Waals surface area contributed by atoms with Gasteiger partial charge in [-0.25, -0.2) is 14.6 Å². The van der Waals surface area contributed by atoms with E-state index in [1.807, 2.05) is 42.5 Å². The average molecular weight is 576 g/mol. The van der Waals surface area contributed by atoms with Gasteiger partial charge in [0.05, 0.1) is 18.7 Å². The summed E-state index contributed by atoms with van der Waals surface area (Å²) in [6.45, 7) is 0.0492. The second-order valence-electron chi connectivity index (χ2n) is 9.65. The Morgan fingerprint density at radius 1 is 0.976 bits per heavy atom. The molecule has 1 aromatic heterocycles. The van der Waals surface area contributed by atoms with Crippen LogP contribution in [-0.2, 0) is 25.7 Å². The Bertz CT molecular complexity index is 1330. The zero-order valence-corrected chi connectivity index (χ0v) is 22.8. The van der Waals surface area contributed by atoms with E-state index in [9.17, 15) is 24.3 Å². The molecule has 1 fully saturated rings. The Labute approximate surface area is 243 Å². The molecule has 1 aliphatic heterocycles. The predicted octanol–water partition coefficient (Wildman–Crippen LogP) is 2.29. The van der Waals surface area contributed by atoms with E-state index in [2.05, 4.69) is 20.9 Å². The fraction of sp³-hybridized carbons (Fsp3) is 0.300. The van der Waals surface area contributed by atoms with Gasteiger partial charge in [0.15, 0.2) is 0 Å². The van der Waals surface area contributed by atoms with Gasteiger partial charge < -0.3 is 35.4 Å². The third-order valence-electron chi connectivity index (χ3n) is 6.59. The van der Waals surface area contributed by atoms with Crippen molar-refractivity contribution in [2.24, 2.45) is 0 Å². The highest BCUT2D eigenvalue weighted by atomic mass is 16.6. The second kappa shape index (κ2) is 15.1. The number of carboxylic acid groups (broad SMARTS) is 1. The van der Waals surface area contributed by atoms with E-state index in [1.54, 1.807) is 47.5 Å². The maximum Gasteiger partial charge on any atom is 0.410 e.